The van der Waals surface area contributed by atoms with Crippen molar-refractivity contribution < 1.29 is 33.7 Å². The van der Waals surface area contributed by atoms with Crippen LogP contribution in [0.25, 0.3) is 0 Å². The molecule has 2 fully saturated rings. The third kappa shape index (κ3) is 2.44. The van der Waals surface area contributed by atoms with Gasteiger partial charge in [0.2, 0.25) is 5.60 Å². The first kappa shape index (κ1) is 21.0. The summed E-state index contributed by atoms with van der Waals surface area (Å²) in [5.41, 5.74) is -2.61. The number of fused-ring (bicyclic) bond motifs is 4. The Labute approximate surface area is 186 Å². The van der Waals surface area contributed by atoms with Crippen LogP contribution in [-0.2, 0) is 19.2 Å². The standard InChI is InChI=1S/C24H27NO7/c1-13-5-7-15-20(22(2)19(26)9-10-24(13,22)28)31-21(27)23(15)12-16(25-32-23)14-6-8-17(29-3)18(11-14)30-4/h6,8-11,13,15,20,28H,5,7,12H2,1-4H3/t13-,15+,20+,22-,23-,24+/m0/s1. The van der Waals surface area contributed by atoms with Crippen LogP contribution in [0.5, 0.6) is 11.5 Å². The number of carbonyl (C=O) groups is 2. The average Bonchev–Trinajstić information content (AvgIpc) is 3.41. The van der Waals surface area contributed by atoms with E-state index in [4.69, 9.17) is 19.0 Å². The molecule has 2 aliphatic carbocycles. The van der Waals surface area contributed by atoms with E-state index in [1.54, 1.807) is 39.4 Å². The maximum absolute atomic E-state index is 13.2. The molecule has 5 rings (SSSR count). The summed E-state index contributed by atoms with van der Waals surface area (Å²) in [6.45, 7) is 3.63. The molecule has 6 atom stereocenters. The van der Waals surface area contributed by atoms with Crippen LogP contribution in [0.15, 0.2) is 35.5 Å². The van der Waals surface area contributed by atoms with Crippen molar-refractivity contribution in [1.82, 2.24) is 0 Å². The highest BCUT2D eigenvalue weighted by atomic mass is 16.7. The predicted octanol–water partition coefficient (Wildman–Crippen LogP) is 2.41. The van der Waals surface area contributed by atoms with E-state index < -0.39 is 34.6 Å². The molecule has 1 N–H and O–H groups in total. The van der Waals surface area contributed by atoms with Crippen LogP contribution < -0.4 is 9.47 Å². The summed E-state index contributed by atoms with van der Waals surface area (Å²) in [4.78, 5) is 32.1. The predicted molar refractivity (Wildman–Crippen MR) is 113 cm³/mol. The lowest BCUT2D eigenvalue weighted by molar-refractivity contribution is -0.169. The number of esters is 1. The number of hydrogen-bond acceptors (Lipinski definition) is 8. The minimum absolute atomic E-state index is 0.177. The molecule has 8 heteroatoms. The van der Waals surface area contributed by atoms with Gasteiger partial charge in [-0.25, -0.2) is 4.79 Å². The maximum Gasteiger partial charge on any atom is 0.354 e. The number of allylic oxidation sites excluding steroid dienone is 1. The lowest BCUT2D eigenvalue weighted by Gasteiger charge is -2.43. The fraction of sp³-hybridized carbons (Fsp3) is 0.542. The molecule has 2 aliphatic heterocycles. The largest absolute Gasteiger partial charge is 0.493 e. The number of rotatable bonds is 3. The Morgan fingerprint density at radius 3 is 2.62 bits per heavy atom. The minimum Gasteiger partial charge on any atom is -0.493 e. The third-order valence-corrected chi connectivity index (χ3v) is 8.07. The molecule has 1 saturated heterocycles. The number of benzene rings is 1. The monoisotopic (exact) mass is 441 g/mol. The molecule has 4 aliphatic rings. The van der Waals surface area contributed by atoms with Gasteiger partial charge in [-0.2, -0.15) is 0 Å². The Morgan fingerprint density at radius 2 is 1.91 bits per heavy atom. The minimum atomic E-state index is -1.37. The van der Waals surface area contributed by atoms with Crippen LogP contribution in [-0.4, -0.2) is 54.1 Å². The van der Waals surface area contributed by atoms with Crippen LogP contribution >= 0.6 is 0 Å². The molecule has 0 aromatic heterocycles. The first-order valence-corrected chi connectivity index (χ1v) is 10.9. The van der Waals surface area contributed by atoms with E-state index in [1.165, 1.54) is 6.08 Å². The van der Waals surface area contributed by atoms with Crippen molar-refractivity contribution in [1.29, 1.82) is 0 Å². The van der Waals surface area contributed by atoms with Crippen LogP contribution in [0.1, 0.15) is 38.7 Å². The number of nitrogens with zero attached hydrogens (tertiary/aromatic N) is 1. The van der Waals surface area contributed by atoms with Crippen molar-refractivity contribution in [3.8, 4) is 11.5 Å². The van der Waals surface area contributed by atoms with Gasteiger partial charge in [0.05, 0.1) is 25.8 Å². The summed E-state index contributed by atoms with van der Waals surface area (Å²) in [6, 6.07) is 5.40. The van der Waals surface area contributed by atoms with Gasteiger partial charge in [-0.05, 0) is 56.0 Å². The fourth-order valence-electron chi connectivity index (χ4n) is 5.97. The number of ether oxygens (including phenoxy) is 3. The van der Waals surface area contributed by atoms with Gasteiger partial charge in [-0.1, -0.05) is 12.1 Å². The van der Waals surface area contributed by atoms with Gasteiger partial charge >= 0.3 is 5.97 Å². The van der Waals surface area contributed by atoms with Gasteiger partial charge in [-0.3, -0.25) is 4.79 Å². The molecule has 1 spiro atoms. The number of carbonyl (C=O) groups excluding carboxylic acids is 2. The normalized spacial score (nSPS) is 39.8. The molecule has 0 unspecified atom stereocenters. The zero-order valence-electron chi connectivity index (χ0n) is 18.6. The highest BCUT2D eigenvalue weighted by Crippen LogP contribution is 2.59. The Bertz CT molecular complexity index is 1060. The average molecular weight is 441 g/mol. The summed E-state index contributed by atoms with van der Waals surface area (Å²) in [7, 11) is 3.11. The molecule has 170 valence electrons. The second kappa shape index (κ2) is 6.81. The van der Waals surface area contributed by atoms with Crippen molar-refractivity contribution in [2.75, 3.05) is 14.2 Å². The molecule has 0 bridgehead atoms. The number of ketones is 1. The molecule has 32 heavy (non-hydrogen) atoms. The summed E-state index contributed by atoms with van der Waals surface area (Å²) in [6.07, 6.45) is 3.60. The van der Waals surface area contributed by atoms with Crippen LogP contribution in [0.3, 0.4) is 0 Å². The van der Waals surface area contributed by atoms with E-state index in [0.717, 1.165) is 5.56 Å². The number of methoxy groups -OCH3 is 2. The molecule has 1 saturated carbocycles. The van der Waals surface area contributed by atoms with E-state index >= 15 is 0 Å². The first-order chi connectivity index (χ1) is 15.2. The molecule has 0 amide bonds. The highest BCUT2D eigenvalue weighted by molar-refractivity contribution is 6.06. The molecule has 0 radical (unpaired) electrons. The van der Waals surface area contributed by atoms with Gasteiger partial charge in [0.15, 0.2) is 17.3 Å². The number of hydrogen-bond donors (Lipinski definition) is 1. The van der Waals surface area contributed by atoms with Crippen molar-refractivity contribution in [3.05, 3.63) is 35.9 Å². The summed E-state index contributed by atoms with van der Waals surface area (Å²) < 4.78 is 16.5. The van der Waals surface area contributed by atoms with Crippen molar-refractivity contribution >= 4 is 17.5 Å². The van der Waals surface area contributed by atoms with Gasteiger partial charge in [0.25, 0.3) is 0 Å². The van der Waals surface area contributed by atoms with Crippen LogP contribution in [0.4, 0.5) is 0 Å². The van der Waals surface area contributed by atoms with Crippen molar-refractivity contribution in [3.63, 3.8) is 0 Å². The number of aliphatic hydroxyl groups is 1. The molecule has 8 nitrogen and oxygen atoms in total. The molecule has 1 aromatic carbocycles. The zero-order chi connectivity index (χ0) is 22.9. The highest BCUT2D eigenvalue weighted by Gasteiger charge is 2.73. The van der Waals surface area contributed by atoms with Crippen molar-refractivity contribution in [2.45, 2.75) is 50.4 Å². The summed E-state index contributed by atoms with van der Waals surface area (Å²) >= 11 is 0. The van der Waals surface area contributed by atoms with Gasteiger partial charge < -0.3 is 24.2 Å². The zero-order valence-corrected chi connectivity index (χ0v) is 18.6. The molecular weight excluding hydrogens is 414 g/mol. The summed E-state index contributed by atoms with van der Waals surface area (Å²) in [5, 5.41) is 15.8. The van der Waals surface area contributed by atoms with Crippen molar-refractivity contribution in [2.24, 2.45) is 22.4 Å². The second-order valence-corrected chi connectivity index (χ2v) is 9.40. The molecule has 2 heterocycles. The van der Waals surface area contributed by atoms with E-state index in [0.29, 0.717) is 30.1 Å². The number of oxime groups is 1. The molecular formula is C24H27NO7. The van der Waals surface area contributed by atoms with Gasteiger partial charge in [0.1, 0.15) is 17.1 Å². The Kier molecular flexibility index (Phi) is 4.47. The van der Waals surface area contributed by atoms with E-state index in [1.807, 2.05) is 13.0 Å². The summed E-state index contributed by atoms with van der Waals surface area (Å²) in [5.74, 6) is -0.227. The van der Waals surface area contributed by atoms with E-state index in [2.05, 4.69) is 5.16 Å². The Hall–Kier alpha value is -2.87. The van der Waals surface area contributed by atoms with E-state index in [-0.39, 0.29) is 18.1 Å². The quantitative estimate of drug-likeness (QED) is 0.719. The topological polar surface area (TPSA) is 104 Å². The Balaban J connectivity index is 1.50. The first-order valence-electron chi connectivity index (χ1n) is 10.9. The Morgan fingerprint density at radius 1 is 1.16 bits per heavy atom. The SMILES string of the molecule is COc1ccc(C2=NO[C@]3(C2)C(=O)O[C@@H]2[C@H]3CC[C@H](C)[C@]3(O)C=CC(=O)[C@@]23C)cc1OC. The lowest BCUT2D eigenvalue weighted by atomic mass is 9.63. The van der Waals surface area contributed by atoms with Crippen LogP contribution in [0.2, 0.25) is 0 Å². The van der Waals surface area contributed by atoms with E-state index in [9.17, 15) is 14.7 Å². The van der Waals surface area contributed by atoms with Gasteiger partial charge in [-0.15, -0.1) is 0 Å². The fourth-order valence-corrected chi connectivity index (χ4v) is 5.97. The van der Waals surface area contributed by atoms with Crippen LogP contribution in [0, 0.1) is 17.3 Å². The lowest BCUT2D eigenvalue weighted by Crippen LogP contribution is -2.57. The van der Waals surface area contributed by atoms with Gasteiger partial charge in [0, 0.05) is 12.0 Å². The molecule has 1 aromatic rings. The smallest absolute Gasteiger partial charge is 0.354 e. The second-order valence-electron chi connectivity index (χ2n) is 9.40. The maximum atomic E-state index is 13.2. The third-order valence-electron chi connectivity index (χ3n) is 8.07.